The molecule has 0 spiro atoms. The molecule has 1 aromatic heterocycles. The molecular formula is C29H41NOS. The first kappa shape index (κ1) is 26.4. The number of carbonyl (C=O) groups excluding carboxylic acids is 1. The molecule has 3 heteroatoms. The molecule has 2 unspecified atom stereocenters. The summed E-state index contributed by atoms with van der Waals surface area (Å²) in [6.45, 7) is 8.81. The number of aryl methyl sites for hydroxylation is 1. The van der Waals surface area contributed by atoms with Crippen molar-refractivity contribution in [3.63, 3.8) is 0 Å². The Labute approximate surface area is 201 Å². The van der Waals surface area contributed by atoms with Crippen LogP contribution < -0.4 is 0 Å². The molecule has 1 aromatic carbocycles. The van der Waals surface area contributed by atoms with Gasteiger partial charge in [-0.3, -0.25) is 9.78 Å². The van der Waals surface area contributed by atoms with Gasteiger partial charge in [-0.05, 0) is 91.8 Å². The van der Waals surface area contributed by atoms with Crippen molar-refractivity contribution in [1.82, 2.24) is 4.98 Å². The van der Waals surface area contributed by atoms with E-state index in [2.05, 4.69) is 62.3 Å². The lowest BCUT2D eigenvalue weighted by atomic mass is 9.84. The first-order valence-corrected chi connectivity index (χ1v) is 12.9. The number of ketones is 1. The van der Waals surface area contributed by atoms with Crippen LogP contribution in [0.2, 0.25) is 0 Å². The van der Waals surface area contributed by atoms with Gasteiger partial charge in [0, 0.05) is 29.6 Å². The van der Waals surface area contributed by atoms with Crippen LogP contribution in [0.15, 0.2) is 60.3 Å². The largest absolute Gasteiger partial charge is 0.299 e. The van der Waals surface area contributed by atoms with E-state index >= 15 is 0 Å². The van der Waals surface area contributed by atoms with Gasteiger partial charge >= 0.3 is 0 Å². The maximum absolute atomic E-state index is 13.0. The standard InChI is InChI=1S/C29H41NOS/c1-4-10-25(23(3)27-15-8-16-28(32)22-27)14-9-17-29(31)26(11-5-2)13-7-6-12-24-18-20-30-21-19-24/h8,15-16,18-22,25-26,32H,3-7,9-14,17H2,1-2H3. The van der Waals surface area contributed by atoms with Gasteiger partial charge in [-0.1, -0.05) is 51.8 Å². The van der Waals surface area contributed by atoms with Crippen molar-refractivity contribution in [2.24, 2.45) is 11.8 Å². The Bertz CT molecular complexity index is 817. The Morgan fingerprint density at radius 1 is 0.938 bits per heavy atom. The van der Waals surface area contributed by atoms with Gasteiger partial charge in [0.15, 0.2) is 0 Å². The first-order chi connectivity index (χ1) is 15.5. The molecule has 0 aliphatic heterocycles. The van der Waals surface area contributed by atoms with Crippen LogP contribution in [0.5, 0.6) is 0 Å². The predicted molar refractivity (Wildman–Crippen MR) is 140 cm³/mol. The van der Waals surface area contributed by atoms with E-state index in [0.29, 0.717) is 18.1 Å². The maximum atomic E-state index is 13.0. The van der Waals surface area contributed by atoms with Crippen molar-refractivity contribution >= 4 is 24.0 Å². The fourth-order valence-corrected chi connectivity index (χ4v) is 4.82. The van der Waals surface area contributed by atoms with Crippen LogP contribution in [0.3, 0.4) is 0 Å². The number of rotatable bonds is 16. The van der Waals surface area contributed by atoms with E-state index in [9.17, 15) is 4.79 Å². The Hall–Kier alpha value is -1.87. The number of allylic oxidation sites excluding steroid dienone is 1. The average Bonchev–Trinajstić information content (AvgIpc) is 2.80. The molecule has 0 aliphatic rings. The third-order valence-corrected chi connectivity index (χ3v) is 6.71. The normalized spacial score (nSPS) is 13.0. The minimum Gasteiger partial charge on any atom is -0.299 e. The highest BCUT2D eigenvalue weighted by Crippen LogP contribution is 2.31. The Morgan fingerprint density at radius 3 is 2.31 bits per heavy atom. The van der Waals surface area contributed by atoms with Gasteiger partial charge in [0.1, 0.15) is 5.78 Å². The smallest absolute Gasteiger partial charge is 0.135 e. The molecule has 32 heavy (non-hydrogen) atoms. The van der Waals surface area contributed by atoms with Gasteiger partial charge < -0.3 is 0 Å². The molecule has 2 nitrogen and oxygen atoms in total. The van der Waals surface area contributed by atoms with E-state index in [1.165, 1.54) is 16.7 Å². The number of unbranched alkanes of at least 4 members (excludes halogenated alkanes) is 1. The van der Waals surface area contributed by atoms with Gasteiger partial charge in [-0.15, -0.1) is 12.6 Å². The summed E-state index contributed by atoms with van der Waals surface area (Å²) < 4.78 is 0. The number of aromatic nitrogens is 1. The molecule has 0 amide bonds. The summed E-state index contributed by atoms with van der Waals surface area (Å²) in [5, 5.41) is 0. The zero-order valence-corrected chi connectivity index (χ0v) is 21.0. The molecule has 0 saturated carbocycles. The molecule has 2 rings (SSSR count). The minimum atomic E-state index is 0.228. The molecule has 0 aliphatic carbocycles. The number of Topliss-reactive ketones (excluding diaryl/α,β-unsaturated/α-hetero) is 1. The van der Waals surface area contributed by atoms with Crippen molar-refractivity contribution in [1.29, 1.82) is 0 Å². The molecule has 1 heterocycles. The highest BCUT2D eigenvalue weighted by Gasteiger charge is 2.19. The summed E-state index contributed by atoms with van der Waals surface area (Å²) in [6.07, 6.45) is 15.1. The zero-order valence-electron chi connectivity index (χ0n) is 20.1. The quantitative estimate of drug-likeness (QED) is 0.205. The van der Waals surface area contributed by atoms with E-state index in [-0.39, 0.29) is 5.92 Å². The molecule has 174 valence electrons. The number of pyridine rings is 1. The lowest BCUT2D eigenvalue weighted by Crippen LogP contribution is -2.15. The monoisotopic (exact) mass is 451 g/mol. The number of thiol groups is 1. The SMILES string of the molecule is C=C(c1cccc(S)c1)C(CCC)CCCC(=O)C(CCC)CCCCc1ccncc1. The van der Waals surface area contributed by atoms with Crippen LogP contribution in [-0.4, -0.2) is 10.8 Å². The molecule has 2 aromatic rings. The van der Waals surface area contributed by atoms with E-state index in [1.54, 1.807) is 0 Å². The summed E-state index contributed by atoms with van der Waals surface area (Å²) in [6, 6.07) is 12.4. The van der Waals surface area contributed by atoms with Crippen LogP contribution in [-0.2, 0) is 11.2 Å². The summed E-state index contributed by atoms with van der Waals surface area (Å²) in [7, 11) is 0. The van der Waals surface area contributed by atoms with Gasteiger partial charge in [0.2, 0.25) is 0 Å². The maximum Gasteiger partial charge on any atom is 0.135 e. The van der Waals surface area contributed by atoms with Crippen molar-refractivity contribution in [2.45, 2.75) is 89.4 Å². The van der Waals surface area contributed by atoms with Gasteiger partial charge in [-0.2, -0.15) is 0 Å². The van der Waals surface area contributed by atoms with Gasteiger partial charge in [0.05, 0.1) is 0 Å². The predicted octanol–water partition coefficient (Wildman–Crippen LogP) is 8.37. The van der Waals surface area contributed by atoms with E-state index in [0.717, 1.165) is 69.1 Å². The second-order valence-electron chi connectivity index (χ2n) is 9.01. The second kappa shape index (κ2) is 15.1. The van der Waals surface area contributed by atoms with Crippen LogP contribution in [0.25, 0.3) is 5.57 Å². The molecule has 0 radical (unpaired) electrons. The van der Waals surface area contributed by atoms with Crippen LogP contribution in [0.1, 0.15) is 89.2 Å². The number of nitrogens with zero attached hydrogens (tertiary/aromatic N) is 1. The summed E-state index contributed by atoms with van der Waals surface area (Å²) in [5.74, 6) is 1.13. The zero-order chi connectivity index (χ0) is 23.2. The van der Waals surface area contributed by atoms with Crippen molar-refractivity contribution in [3.05, 3.63) is 66.5 Å². The third-order valence-electron chi connectivity index (χ3n) is 6.43. The van der Waals surface area contributed by atoms with E-state index in [4.69, 9.17) is 0 Å². The summed E-state index contributed by atoms with van der Waals surface area (Å²) in [5.41, 5.74) is 3.71. The molecule has 0 fully saturated rings. The number of hydrogen-bond donors (Lipinski definition) is 1. The molecule has 0 saturated heterocycles. The Morgan fingerprint density at radius 2 is 1.62 bits per heavy atom. The van der Waals surface area contributed by atoms with E-state index in [1.807, 2.05) is 24.5 Å². The van der Waals surface area contributed by atoms with Crippen LogP contribution in [0.4, 0.5) is 0 Å². The van der Waals surface area contributed by atoms with Gasteiger partial charge in [-0.25, -0.2) is 0 Å². The average molecular weight is 452 g/mol. The topological polar surface area (TPSA) is 30.0 Å². The molecule has 2 atom stereocenters. The third kappa shape index (κ3) is 9.32. The Balaban J connectivity index is 1.80. The van der Waals surface area contributed by atoms with Crippen LogP contribution >= 0.6 is 12.6 Å². The molecule has 0 N–H and O–H groups in total. The van der Waals surface area contributed by atoms with E-state index < -0.39 is 0 Å². The highest BCUT2D eigenvalue weighted by molar-refractivity contribution is 7.80. The summed E-state index contributed by atoms with van der Waals surface area (Å²) >= 11 is 4.48. The molecular weight excluding hydrogens is 410 g/mol. The first-order valence-electron chi connectivity index (χ1n) is 12.4. The highest BCUT2D eigenvalue weighted by atomic mass is 32.1. The summed E-state index contributed by atoms with van der Waals surface area (Å²) in [4.78, 5) is 18.0. The fraction of sp³-hybridized carbons (Fsp3) is 0.517. The lowest BCUT2D eigenvalue weighted by molar-refractivity contribution is -0.123. The van der Waals surface area contributed by atoms with Crippen LogP contribution in [0, 0.1) is 11.8 Å². The number of carbonyl (C=O) groups is 1. The number of benzene rings is 1. The second-order valence-corrected chi connectivity index (χ2v) is 9.52. The number of hydrogen-bond acceptors (Lipinski definition) is 3. The van der Waals surface area contributed by atoms with Gasteiger partial charge in [0.25, 0.3) is 0 Å². The lowest BCUT2D eigenvalue weighted by Gasteiger charge is -2.20. The minimum absolute atomic E-state index is 0.228. The van der Waals surface area contributed by atoms with Crippen molar-refractivity contribution < 1.29 is 4.79 Å². The molecule has 0 bridgehead atoms. The van der Waals surface area contributed by atoms with Crippen molar-refractivity contribution in [2.75, 3.05) is 0 Å². The Kier molecular flexibility index (Phi) is 12.4. The van der Waals surface area contributed by atoms with Crippen molar-refractivity contribution in [3.8, 4) is 0 Å². The fourth-order valence-electron chi connectivity index (χ4n) is 4.59.